The van der Waals surface area contributed by atoms with Gasteiger partial charge in [0.2, 0.25) is 5.95 Å². The monoisotopic (exact) mass is 541 g/mol. The SMILES string of the molecule is C[C@H](NP(=O)(OC[C@@H]1C=C[C@H](n2cnc3c(NC4CCCC4)nc(N)nc32)C1)Oc1ccccc1)C(=O)O. The topological polar surface area (TPSA) is 167 Å². The second-order valence-electron chi connectivity index (χ2n) is 9.71. The van der Waals surface area contributed by atoms with Crippen molar-refractivity contribution in [3.8, 4) is 5.75 Å². The molecule has 1 fully saturated rings. The van der Waals surface area contributed by atoms with Crippen molar-refractivity contribution in [2.45, 2.75) is 57.2 Å². The van der Waals surface area contributed by atoms with Gasteiger partial charge in [0.25, 0.3) is 0 Å². The molecule has 3 aromatic rings. The Kier molecular flexibility index (Phi) is 7.64. The zero-order valence-corrected chi connectivity index (χ0v) is 22.0. The predicted octanol–water partition coefficient (Wildman–Crippen LogP) is 4.15. The van der Waals surface area contributed by atoms with Crippen LogP contribution in [0, 0.1) is 5.92 Å². The number of imidazole rings is 1. The average molecular weight is 542 g/mol. The number of anilines is 2. The smallest absolute Gasteiger partial charge is 0.459 e. The fraction of sp³-hybridized carbons (Fsp3) is 0.440. The second kappa shape index (κ2) is 11.1. The lowest BCUT2D eigenvalue weighted by atomic mass is 10.1. The van der Waals surface area contributed by atoms with Crippen molar-refractivity contribution in [2.75, 3.05) is 17.7 Å². The zero-order chi connectivity index (χ0) is 26.7. The molecule has 2 aliphatic carbocycles. The molecule has 0 saturated heterocycles. The quantitative estimate of drug-likeness (QED) is 0.203. The Morgan fingerprint density at radius 3 is 2.74 bits per heavy atom. The summed E-state index contributed by atoms with van der Waals surface area (Å²) in [5.41, 5.74) is 7.35. The number of allylic oxidation sites excluding steroid dienone is 1. The van der Waals surface area contributed by atoms with Gasteiger partial charge in [0.15, 0.2) is 17.0 Å². The van der Waals surface area contributed by atoms with Gasteiger partial charge in [0.05, 0.1) is 19.0 Å². The van der Waals surface area contributed by atoms with E-state index in [1.807, 2.05) is 16.7 Å². The van der Waals surface area contributed by atoms with Crippen molar-refractivity contribution in [2.24, 2.45) is 5.92 Å². The van der Waals surface area contributed by atoms with Gasteiger partial charge in [-0.2, -0.15) is 15.1 Å². The summed E-state index contributed by atoms with van der Waals surface area (Å²) in [6.07, 6.45) is 10.9. The zero-order valence-electron chi connectivity index (χ0n) is 21.1. The summed E-state index contributed by atoms with van der Waals surface area (Å²) in [5, 5.41) is 15.3. The number of carboxylic acid groups (broad SMARTS) is 1. The van der Waals surface area contributed by atoms with Crippen LogP contribution < -0.4 is 20.7 Å². The van der Waals surface area contributed by atoms with Gasteiger partial charge in [-0.1, -0.05) is 43.2 Å². The summed E-state index contributed by atoms with van der Waals surface area (Å²) in [5.74, 6) is -0.120. The van der Waals surface area contributed by atoms with Crippen molar-refractivity contribution in [3.05, 3.63) is 48.8 Å². The molecule has 0 amide bonds. The van der Waals surface area contributed by atoms with Gasteiger partial charge in [0, 0.05) is 12.0 Å². The van der Waals surface area contributed by atoms with E-state index in [9.17, 15) is 14.5 Å². The van der Waals surface area contributed by atoms with E-state index in [0.29, 0.717) is 35.2 Å². The van der Waals surface area contributed by atoms with E-state index in [1.165, 1.54) is 19.8 Å². The number of para-hydroxylation sites is 1. The molecule has 12 nitrogen and oxygen atoms in total. The van der Waals surface area contributed by atoms with Crippen LogP contribution in [0.4, 0.5) is 11.8 Å². The molecular weight excluding hydrogens is 509 g/mol. The molecule has 5 N–H and O–H groups in total. The molecule has 2 aliphatic rings. The molecule has 13 heteroatoms. The Bertz CT molecular complexity index is 1360. The molecule has 202 valence electrons. The number of carbonyl (C=O) groups is 1. The predicted molar refractivity (Wildman–Crippen MR) is 143 cm³/mol. The van der Waals surface area contributed by atoms with E-state index in [0.717, 1.165) is 12.8 Å². The third-order valence-electron chi connectivity index (χ3n) is 6.79. The standard InChI is InChI=1S/C25H32N7O5P/c1-16(24(33)34)31-38(35,37-20-9-3-2-4-10-20)36-14-17-11-12-19(13-17)32-15-27-21-22(28-18-7-5-6-8-18)29-25(26)30-23(21)32/h2-4,9-12,15-19H,5-8,13-14H2,1H3,(H,31,35)(H,33,34)(H3,26,28,29,30)/t16-,17+,19-,38?/m0/s1. The number of benzene rings is 1. The highest BCUT2D eigenvalue weighted by atomic mass is 31.2. The minimum Gasteiger partial charge on any atom is -0.480 e. The van der Waals surface area contributed by atoms with Crippen LogP contribution in [0.15, 0.2) is 48.8 Å². The molecular formula is C25H32N7O5P. The average Bonchev–Trinajstić information content (AvgIpc) is 3.64. The summed E-state index contributed by atoms with van der Waals surface area (Å²) in [4.78, 5) is 24.8. The first-order valence-corrected chi connectivity index (χ1v) is 14.3. The normalized spacial score (nSPS) is 21.9. The van der Waals surface area contributed by atoms with Gasteiger partial charge < -0.3 is 25.2 Å². The minimum absolute atomic E-state index is 0.0642. The fourth-order valence-corrected chi connectivity index (χ4v) is 6.37. The van der Waals surface area contributed by atoms with Crippen LogP contribution in [-0.4, -0.2) is 49.3 Å². The number of nitrogens with two attached hydrogens (primary N) is 1. The molecule has 2 aromatic heterocycles. The van der Waals surface area contributed by atoms with Crippen LogP contribution in [0.5, 0.6) is 5.75 Å². The van der Waals surface area contributed by atoms with E-state index < -0.39 is 19.8 Å². The number of hydrogen-bond acceptors (Lipinski definition) is 9. The number of hydrogen-bond donors (Lipinski definition) is 4. The highest BCUT2D eigenvalue weighted by Gasteiger charge is 2.33. The van der Waals surface area contributed by atoms with Crippen LogP contribution in [-0.2, 0) is 13.9 Å². The van der Waals surface area contributed by atoms with Gasteiger partial charge in [0.1, 0.15) is 11.8 Å². The maximum atomic E-state index is 13.5. The molecule has 0 bridgehead atoms. The summed E-state index contributed by atoms with van der Waals surface area (Å²) in [6.45, 7) is 1.44. The lowest BCUT2D eigenvalue weighted by Crippen LogP contribution is -2.33. The van der Waals surface area contributed by atoms with Gasteiger partial charge in [-0.15, -0.1) is 0 Å². The molecule has 1 saturated carbocycles. The van der Waals surface area contributed by atoms with Crippen molar-refractivity contribution in [1.82, 2.24) is 24.6 Å². The third-order valence-corrected chi connectivity index (χ3v) is 8.43. The van der Waals surface area contributed by atoms with E-state index in [-0.39, 0.29) is 24.5 Å². The second-order valence-corrected chi connectivity index (χ2v) is 11.4. The molecule has 38 heavy (non-hydrogen) atoms. The molecule has 5 rings (SSSR count). The summed E-state index contributed by atoms with van der Waals surface area (Å²) < 4.78 is 26.7. The number of nitrogens with one attached hydrogen (secondary N) is 2. The number of nitrogen functional groups attached to an aromatic ring is 1. The van der Waals surface area contributed by atoms with Crippen LogP contribution in [0.1, 0.15) is 45.1 Å². The van der Waals surface area contributed by atoms with Gasteiger partial charge in [-0.25, -0.2) is 9.55 Å². The van der Waals surface area contributed by atoms with E-state index in [4.69, 9.17) is 14.8 Å². The van der Waals surface area contributed by atoms with Crippen LogP contribution in [0.2, 0.25) is 0 Å². The summed E-state index contributed by atoms with van der Waals surface area (Å²) >= 11 is 0. The number of nitrogens with zero attached hydrogens (tertiary/aromatic N) is 4. The molecule has 1 aromatic carbocycles. The van der Waals surface area contributed by atoms with E-state index >= 15 is 0 Å². The van der Waals surface area contributed by atoms with E-state index in [2.05, 4.69) is 25.4 Å². The van der Waals surface area contributed by atoms with Gasteiger partial charge >= 0.3 is 13.7 Å². The largest absolute Gasteiger partial charge is 0.480 e. The molecule has 2 heterocycles. The van der Waals surface area contributed by atoms with Crippen molar-refractivity contribution in [1.29, 1.82) is 0 Å². The first-order valence-electron chi connectivity index (χ1n) is 12.7. The van der Waals surface area contributed by atoms with Crippen LogP contribution in [0.25, 0.3) is 11.2 Å². The number of fused-ring (bicyclic) bond motifs is 1. The van der Waals surface area contributed by atoms with Crippen LogP contribution >= 0.6 is 7.75 Å². The lowest BCUT2D eigenvalue weighted by molar-refractivity contribution is -0.138. The fourth-order valence-electron chi connectivity index (χ4n) is 4.82. The maximum absolute atomic E-state index is 13.5. The highest BCUT2D eigenvalue weighted by molar-refractivity contribution is 7.52. The third kappa shape index (κ3) is 5.98. The Morgan fingerprint density at radius 2 is 2.00 bits per heavy atom. The first kappa shape index (κ1) is 26.1. The number of carboxylic acids is 1. The Balaban J connectivity index is 1.27. The number of rotatable bonds is 11. The van der Waals surface area contributed by atoms with Gasteiger partial charge in [-0.3, -0.25) is 9.32 Å². The molecule has 4 atom stereocenters. The van der Waals surface area contributed by atoms with Crippen LogP contribution in [0.3, 0.4) is 0 Å². The van der Waals surface area contributed by atoms with E-state index in [1.54, 1.807) is 36.7 Å². The summed E-state index contributed by atoms with van der Waals surface area (Å²) in [6, 6.07) is 7.66. The maximum Gasteiger partial charge on any atom is 0.459 e. The molecule has 0 aliphatic heterocycles. The van der Waals surface area contributed by atoms with Crippen molar-refractivity contribution < 1.29 is 23.5 Å². The number of aromatic nitrogens is 4. The molecule has 1 unspecified atom stereocenters. The van der Waals surface area contributed by atoms with Gasteiger partial charge in [-0.05, 0) is 38.3 Å². The minimum atomic E-state index is -3.98. The molecule has 0 spiro atoms. The Morgan fingerprint density at radius 1 is 1.24 bits per heavy atom. The van der Waals surface area contributed by atoms with Crippen molar-refractivity contribution >= 4 is 36.6 Å². The lowest BCUT2D eigenvalue weighted by Gasteiger charge is -2.23. The Hall–Kier alpha value is -3.47. The van der Waals surface area contributed by atoms with Crippen molar-refractivity contribution in [3.63, 3.8) is 0 Å². The highest BCUT2D eigenvalue weighted by Crippen LogP contribution is 2.46. The summed E-state index contributed by atoms with van der Waals surface area (Å²) in [7, 11) is -3.98. The first-order chi connectivity index (χ1) is 18.3. The molecule has 0 radical (unpaired) electrons. The Labute approximate surface area is 220 Å². The number of aliphatic carboxylic acids is 1.